The van der Waals surface area contributed by atoms with Gasteiger partial charge in [-0.1, -0.05) is 6.07 Å². The lowest BCUT2D eigenvalue weighted by molar-refractivity contribution is -0.116. The van der Waals surface area contributed by atoms with Crippen molar-refractivity contribution in [1.29, 1.82) is 0 Å². The van der Waals surface area contributed by atoms with Gasteiger partial charge in [-0.2, -0.15) is 0 Å². The molecule has 0 radical (unpaired) electrons. The average Bonchev–Trinajstić information content (AvgIpc) is 2.92. The van der Waals surface area contributed by atoms with E-state index in [-0.39, 0.29) is 5.91 Å². The van der Waals surface area contributed by atoms with Crippen molar-refractivity contribution in [2.75, 3.05) is 25.1 Å². The zero-order chi connectivity index (χ0) is 13.1. The molecule has 1 saturated heterocycles. The second kappa shape index (κ2) is 5.48. The summed E-state index contributed by atoms with van der Waals surface area (Å²) in [4.78, 5) is 12.0. The Kier molecular flexibility index (Phi) is 3.55. The number of anilines is 1. The van der Waals surface area contributed by atoms with Crippen molar-refractivity contribution in [2.24, 2.45) is 0 Å². The van der Waals surface area contributed by atoms with Gasteiger partial charge >= 0.3 is 0 Å². The van der Waals surface area contributed by atoms with Crippen LogP contribution in [-0.4, -0.2) is 31.7 Å². The molecule has 1 atom stereocenters. The van der Waals surface area contributed by atoms with Gasteiger partial charge in [-0.05, 0) is 31.5 Å². The van der Waals surface area contributed by atoms with Crippen molar-refractivity contribution in [3.8, 4) is 11.5 Å². The molecule has 1 fully saturated rings. The topological polar surface area (TPSA) is 59.6 Å². The lowest BCUT2D eigenvalue weighted by atomic mass is 10.1. The summed E-state index contributed by atoms with van der Waals surface area (Å²) in [6, 6.07) is 5.85. The third-order valence-electron chi connectivity index (χ3n) is 3.43. The monoisotopic (exact) mass is 262 g/mol. The van der Waals surface area contributed by atoms with Gasteiger partial charge in [-0.3, -0.25) is 4.79 Å². The minimum Gasteiger partial charge on any atom is -0.486 e. The summed E-state index contributed by atoms with van der Waals surface area (Å²) in [7, 11) is 0. The highest BCUT2D eigenvalue weighted by Crippen LogP contribution is 2.37. The summed E-state index contributed by atoms with van der Waals surface area (Å²) in [5, 5.41) is 6.23. The second-order valence-electron chi connectivity index (χ2n) is 4.88. The highest BCUT2D eigenvalue weighted by atomic mass is 16.6. The molecule has 1 aromatic carbocycles. The van der Waals surface area contributed by atoms with Gasteiger partial charge in [0.05, 0.1) is 5.69 Å². The molecule has 2 aliphatic heterocycles. The molecule has 1 aromatic rings. The van der Waals surface area contributed by atoms with Crippen molar-refractivity contribution in [3.63, 3.8) is 0 Å². The largest absolute Gasteiger partial charge is 0.486 e. The zero-order valence-corrected chi connectivity index (χ0v) is 10.8. The lowest BCUT2D eigenvalue weighted by Gasteiger charge is -2.21. The maximum Gasteiger partial charge on any atom is 0.226 e. The zero-order valence-electron chi connectivity index (χ0n) is 10.8. The third-order valence-corrected chi connectivity index (χ3v) is 3.43. The van der Waals surface area contributed by atoms with Gasteiger partial charge < -0.3 is 20.1 Å². The molecule has 0 spiro atoms. The van der Waals surface area contributed by atoms with E-state index in [2.05, 4.69) is 10.6 Å². The van der Waals surface area contributed by atoms with Gasteiger partial charge in [0, 0.05) is 12.5 Å². The highest BCUT2D eigenvalue weighted by Gasteiger charge is 2.20. The van der Waals surface area contributed by atoms with Crippen LogP contribution < -0.4 is 20.1 Å². The first kappa shape index (κ1) is 12.3. The predicted octanol–water partition coefficient (Wildman–Crippen LogP) is 1.54. The Morgan fingerprint density at radius 3 is 3.11 bits per heavy atom. The molecule has 2 N–H and O–H groups in total. The number of rotatable bonds is 3. The molecule has 1 unspecified atom stereocenters. The van der Waals surface area contributed by atoms with Crippen LogP contribution in [0.5, 0.6) is 11.5 Å². The molecule has 0 aliphatic carbocycles. The van der Waals surface area contributed by atoms with Crippen LogP contribution in [0.3, 0.4) is 0 Å². The molecule has 0 bridgehead atoms. The Morgan fingerprint density at radius 2 is 2.26 bits per heavy atom. The van der Waals surface area contributed by atoms with Crippen LogP contribution in [0.1, 0.15) is 19.3 Å². The van der Waals surface area contributed by atoms with Gasteiger partial charge in [-0.15, -0.1) is 0 Å². The molecular weight excluding hydrogens is 244 g/mol. The van der Waals surface area contributed by atoms with E-state index in [9.17, 15) is 4.79 Å². The molecule has 5 nitrogen and oxygen atoms in total. The number of benzene rings is 1. The SMILES string of the molecule is O=C(CC1CCCN1)Nc1cccc2c1OCCO2. The van der Waals surface area contributed by atoms with Gasteiger partial charge in [0.25, 0.3) is 0 Å². The average molecular weight is 262 g/mol. The summed E-state index contributed by atoms with van der Waals surface area (Å²) >= 11 is 0. The van der Waals surface area contributed by atoms with E-state index in [1.807, 2.05) is 18.2 Å². The fourth-order valence-corrected chi connectivity index (χ4v) is 2.53. The normalized spacial score (nSPS) is 21.2. The molecule has 19 heavy (non-hydrogen) atoms. The van der Waals surface area contributed by atoms with Crippen molar-refractivity contribution in [2.45, 2.75) is 25.3 Å². The number of carbonyl (C=O) groups is 1. The molecule has 5 heteroatoms. The summed E-state index contributed by atoms with van der Waals surface area (Å²) in [6.45, 7) is 2.08. The van der Waals surface area contributed by atoms with Crippen molar-refractivity contribution in [1.82, 2.24) is 5.32 Å². The standard InChI is InChI=1S/C14H18N2O3/c17-13(9-10-3-2-6-15-10)16-11-4-1-5-12-14(11)19-8-7-18-12/h1,4-5,10,15H,2-3,6-9H2,(H,16,17). The summed E-state index contributed by atoms with van der Waals surface area (Å²) in [6.07, 6.45) is 2.72. The third kappa shape index (κ3) is 2.81. The van der Waals surface area contributed by atoms with Crippen molar-refractivity contribution < 1.29 is 14.3 Å². The quantitative estimate of drug-likeness (QED) is 0.867. The van der Waals surface area contributed by atoms with Gasteiger partial charge in [0.15, 0.2) is 11.5 Å². The number of hydrogen-bond donors (Lipinski definition) is 2. The van der Waals surface area contributed by atoms with Crippen LogP contribution in [0.15, 0.2) is 18.2 Å². The van der Waals surface area contributed by atoms with Crippen LogP contribution in [-0.2, 0) is 4.79 Å². The molecular formula is C14H18N2O3. The molecule has 3 rings (SSSR count). The smallest absolute Gasteiger partial charge is 0.226 e. The van der Waals surface area contributed by atoms with E-state index in [4.69, 9.17) is 9.47 Å². The number of ether oxygens (including phenoxy) is 2. The van der Waals surface area contributed by atoms with E-state index < -0.39 is 0 Å². The van der Waals surface area contributed by atoms with Gasteiger partial charge in [0.2, 0.25) is 5.91 Å². The first-order valence-electron chi connectivity index (χ1n) is 6.75. The number of fused-ring (bicyclic) bond motifs is 1. The first-order valence-corrected chi connectivity index (χ1v) is 6.75. The Labute approximate surface area is 112 Å². The number of carbonyl (C=O) groups excluding carboxylic acids is 1. The molecule has 102 valence electrons. The number of nitrogens with one attached hydrogen (secondary N) is 2. The molecule has 0 saturated carbocycles. The van der Waals surface area contributed by atoms with Crippen molar-refractivity contribution >= 4 is 11.6 Å². The van der Waals surface area contributed by atoms with E-state index in [1.54, 1.807) is 0 Å². The summed E-state index contributed by atoms with van der Waals surface area (Å²) < 4.78 is 11.1. The maximum absolute atomic E-state index is 12.0. The molecule has 2 aliphatic rings. The van der Waals surface area contributed by atoms with E-state index in [0.717, 1.165) is 19.4 Å². The number of hydrogen-bond acceptors (Lipinski definition) is 4. The lowest BCUT2D eigenvalue weighted by Crippen LogP contribution is -2.27. The Balaban J connectivity index is 1.67. The van der Waals surface area contributed by atoms with Gasteiger partial charge in [-0.25, -0.2) is 0 Å². The van der Waals surface area contributed by atoms with Crippen LogP contribution >= 0.6 is 0 Å². The molecule has 1 amide bonds. The van der Waals surface area contributed by atoms with Crippen molar-refractivity contribution in [3.05, 3.63) is 18.2 Å². The number of amides is 1. The van der Waals surface area contributed by atoms with Crippen LogP contribution in [0, 0.1) is 0 Å². The van der Waals surface area contributed by atoms with E-state index in [1.165, 1.54) is 0 Å². The van der Waals surface area contributed by atoms with E-state index >= 15 is 0 Å². The Bertz CT molecular complexity index is 470. The first-order chi connectivity index (χ1) is 9.33. The fraction of sp³-hybridized carbons (Fsp3) is 0.500. The fourth-order valence-electron chi connectivity index (χ4n) is 2.53. The van der Waals surface area contributed by atoms with E-state index in [0.29, 0.717) is 42.9 Å². The second-order valence-corrected chi connectivity index (χ2v) is 4.88. The van der Waals surface area contributed by atoms with Crippen LogP contribution in [0.2, 0.25) is 0 Å². The summed E-state index contributed by atoms with van der Waals surface area (Å²) in [5.74, 6) is 1.35. The Hall–Kier alpha value is -1.75. The number of para-hydroxylation sites is 1. The van der Waals surface area contributed by atoms with Crippen LogP contribution in [0.25, 0.3) is 0 Å². The van der Waals surface area contributed by atoms with Gasteiger partial charge in [0.1, 0.15) is 13.2 Å². The maximum atomic E-state index is 12.0. The minimum atomic E-state index is 0.0157. The predicted molar refractivity (Wildman–Crippen MR) is 71.7 cm³/mol. The van der Waals surface area contributed by atoms with Crippen LogP contribution in [0.4, 0.5) is 5.69 Å². The summed E-state index contributed by atoms with van der Waals surface area (Å²) in [5.41, 5.74) is 0.695. The Morgan fingerprint density at radius 1 is 1.37 bits per heavy atom. The minimum absolute atomic E-state index is 0.0157. The highest BCUT2D eigenvalue weighted by molar-refractivity contribution is 5.93. The molecule has 2 heterocycles. The molecule has 0 aromatic heterocycles.